The number of thioether (sulfide) groups is 1. The van der Waals surface area contributed by atoms with Crippen molar-refractivity contribution in [2.24, 2.45) is 5.16 Å². The van der Waals surface area contributed by atoms with E-state index in [4.69, 9.17) is 40.1 Å². The second-order valence-electron chi connectivity index (χ2n) is 2.95. The second-order valence-corrected chi connectivity index (χ2v) is 5.14. The van der Waals surface area contributed by atoms with Crippen LogP contribution in [0.25, 0.3) is 0 Å². The molecule has 0 unspecified atom stereocenters. The molecule has 0 fully saturated rings. The van der Waals surface area contributed by atoms with Crippen molar-refractivity contribution in [1.29, 1.82) is 5.26 Å². The number of oxime groups is 1. The molecule has 0 heterocycles. The third-order valence-corrected chi connectivity index (χ3v) is 3.24. The molecule has 0 radical (unpaired) electrons. The fourth-order valence-electron chi connectivity index (χ4n) is 0.927. The predicted molar refractivity (Wildman–Crippen MR) is 76.2 cm³/mol. The predicted octanol–water partition coefficient (Wildman–Crippen LogP) is 4.02. The van der Waals surface area contributed by atoms with Gasteiger partial charge in [0.1, 0.15) is 9.89 Å². The first-order valence-electron chi connectivity index (χ1n) is 4.66. The number of nitrogens with zero attached hydrogens (tertiary/aromatic N) is 2. The number of benzene rings is 1. The molecule has 0 saturated heterocycles. The average molecular weight is 336 g/mol. The van der Waals surface area contributed by atoms with Crippen LogP contribution >= 0.6 is 46.6 Å². The number of halogens is 3. The van der Waals surface area contributed by atoms with Crippen molar-refractivity contribution < 1.29 is 9.63 Å². The van der Waals surface area contributed by atoms with Crippen molar-refractivity contribution in [3.63, 3.8) is 0 Å². The Balaban J connectivity index is 2.61. The van der Waals surface area contributed by atoms with Crippen LogP contribution in [0.1, 0.15) is 5.56 Å². The quantitative estimate of drug-likeness (QED) is 0.208. The molecule has 0 saturated carbocycles. The lowest BCUT2D eigenvalue weighted by molar-refractivity contribution is -0.138. The van der Waals surface area contributed by atoms with E-state index in [1.807, 2.05) is 5.40 Å². The highest BCUT2D eigenvalue weighted by Crippen LogP contribution is 2.19. The number of hydrogen-bond acceptors (Lipinski definition) is 5. The van der Waals surface area contributed by atoms with Gasteiger partial charge in [-0.15, -0.1) is 0 Å². The molecule has 1 rings (SSSR count). The van der Waals surface area contributed by atoms with Gasteiger partial charge >= 0.3 is 5.97 Å². The molecular formula is C11H5Cl3N2O2S. The number of hydrogen-bond donors (Lipinski definition) is 0. The van der Waals surface area contributed by atoms with Crippen LogP contribution in [0.15, 0.2) is 43.8 Å². The summed E-state index contributed by atoms with van der Waals surface area (Å²) in [6.45, 7) is 0. The van der Waals surface area contributed by atoms with Gasteiger partial charge in [0.15, 0.2) is 5.03 Å². The first-order chi connectivity index (χ1) is 9.04. The van der Waals surface area contributed by atoms with Gasteiger partial charge in [-0.2, -0.15) is 5.26 Å². The van der Waals surface area contributed by atoms with E-state index in [0.29, 0.717) is 5.56 Å². The highest BCUT2D eigenvalue weighted by atomic mass is 35.5. The van der Waals surface area contributed by atoms with E-state index in [9.17, 15) is 4.79 Å². The van der Waals surface area contributed by atoms with E-state index in [-0.39, 0.29) is 4.49 Å². The molecule has 0 aliphatic carbocycles. The topological polar surface area (TPSA) is 62.4 Å². The first kappa shape index (κ1) is 15.9. The van der Waals surface area contributed by atoms with Crippen molar-refractivity contribution in [1.82, 2.24) is 0 Å². The molecule has 0 spiro atoms. The molecule has 0 atom stereocenters. The molecule has 19 heavy (non-hydrogen) atoms. The standard InChI is InChI=1S/C11H5Cl3N2O2S/c12-9(10(13)14)11(17)18-16-5-7-1-3-8(4-2-7)19-6-15/h1-5H. The van der Waals surface area contributed by atoms with E-state index < -0.39 is 11.0 Å². The molecule has 0 aliphatic rings. The minimum Gasteiger partial charge on any atom is -0.312 e. The highest BCUT2D eigenvalue weighted by molar-refractivity contribution is 8.03. The van der Waals surface area contributed by atoms with Gasteiger partial charge in [0.2, 0.25) is 0 Å². The minimum absolute atomic E-state index is 0.389. The van der Waals surface area contributed by atoms with Crippen LogP contribution in [-0.2, 0) is 9.63 Å². The Labute approximate surface area is 128 Å². The summed E-state index contributed by atoms with van der Waals surface area (Å²) in [5, 5.41) is 13.4. The maximum absolute atomic E-state index is 11.2. The van der Waals surface area contributed by atoms with E-state index in [1.165, 1.54) is 6.21 Å². The van der Waals surface area contributed by atoms with E-state index in [1.54, 1.807) is 24.3 Å². The lowest BCUT2D eigenvalue weighted by Crippen LogP contribution is -2.00. The maximum atomic E-state index is 11.2. The highest BCUT2D eigenvalue weighted by Gasteiger charge is 2.11. The second kappa shape index (κ2) is 8.08. The lowest BCUT2D eigenvalue weighted by Gasteiger charge is -1.96. The minimum atomic E-state index is -0.949. The van der Waals surface area contributed by atoms with Crippen molar-refractivity contribution in [2.45, 2.75) is 4.90 Å². The first-order valence-corrected chi connectivity index (χ1v) is 6.61. The number of carbonyl (C=O) groups excluding carboxylic acids is 1. The van der Waals surface area contributed by atoms with Gasteiger partial charge in [0.05, 0.1) is 6.21 Å². The molecule has 1 aromatic carbocycles. The van der Waals surface area contributed by atoms with Crippen LogP contribution in [0.2, 0.25) is 0 Å². The van der Waals surface area contributed by atoms with Gasteiger partial charge in [-0.3, -0.25) is 0 Å². The zero-order valence-electron chi connectivity index (χ0n) is 9.14. The summed E-state index contributed by atoms with van der Waals surface area (Å²) >= 11 is 17.1. The van der Waals surface area contributed by atoms with Crippen molar-refractivity contribution >= 4 is 58.7 Å². The number of rotatable bonds is 4. The van der Waals surface area contributed by atoms with Gasteiger partial charge in [0, 0.05) is 4.90 Å². The Bertz CT molecular complexity index is 560. The normalized spacial score (nSPS) is 10.0. The van der Waals surface area contributed by atoms with E-state index >= 15 is 0 Å². The summed E-state index contributed by atoms with van der Waals surface area (Å²) in [6.07, 6.45) is 1.31. The summed E-state index contributed by atoms with van der Waals surface area (Å²) in [7, 11) is 0. The number of carbonyl (C=O) groups is 1. The monoisotopic (exact) mass is 334 g/mol. The zero-order chi connectivity index (χ0) is 14.3. The Morgan fingerprint density at radius 1 is 1.32 bits per heavy atom. The Morgan fingerprint density at radius 2 is 1.95 bits per heavy atom. The molecule has 98 valence electrons. The fourth-order valence-corrected chi connectivity index (χ4v) is 1.49. The fraction of sp³-hybridized carbons (Fsp3) is 0. The van der Waals surface area contributed by atoms with Crippen LogP contribution in [0.5, 0.6) is 0 Å². The summed E-state index contributed by atoms with van der Waals surface area (Å²) in [6, 6.07) is 6.89. The largest absolute Gasteiger partial charge is 0.379 e. The van der Waals surface area contributed by atoms with Crippen molar-refractivity contribution in [2.75, 3.05) is 0 Å². The molecule has 0 N–H and O–H groups in total. The van der Waals surface area contributed by atoms with Crippen molar-refractivity contribution in [3.05, 3.63) is 39.4 Å². The zero-order valence-corrected chi connectivity index (χ0v) is 12.2. The Kier molecular flexibility index (Phi) is 6.74. The molecule has 1 aromatic rings. The van der Waals surface area contributed by atoms with Crippen LogP contribution in [-0.4, -0.2) is 12.2 Å². The van der Waals surface area contributed by atoms with Crippen LogP contribution < -0.4 is 0 Å². The number of nitriles is 1. The summed E-state index contributed by atoms with van der Waals surface area (Å²) in [5.74, 6) is -0.949. The van der Waals surface area contributed by atoms with Gasteiger partial charge < -0.3 is 4.84 Å². The van der Waals surface area contributed by atoms with Gasteiger partial charge in [-0.25, -0.2) is 4.79 Å². The Morgan fingerprint density at radius 3 is 2.47 bits per heavy atom. The summed E-state index contributed by atoms with van der Waals surface area (Å²) in [4.78, 5) is 16.4. The molecule has 0 aromatic heterocycles. The lowest BCUT2D eigenvalue weighted by atomic mass is 10.2. The number of thiocyanates is 1. The molecule has 0 bridgehead atoms. The maximum Gasteiger partial charge on any atom is 0.379 e. The van der Waals surface area contributed by atoms with E-state index in [2.05, 4.69) is 9.99 Å². The van der Waals surface area contributed by atoms with Crippen LogP contribution in [0.4, 0.5) is 0 Å². The van der Waals surface area contributed by atoms with Gasteiger partial charge in [-0.1, -0.05) is 52.1 Å². The van der Waals surface area contributed by atoms with Crippen LogP contribution in [0.3, 0.4) is 0 Å². The molecular weight excluding hydrogens is 331 g/mol. The van der Waals surface area contributed by atoms with E-state index in [0.717, 1.165) is 16.7 Å². The summed E-state index contributed by atoms with van der Waals surface area (Å²) < 4.78 is -0.389. The molecule has 8 heteroatoms. The van der Waals surface area contributed by atoms with Crippen LogP contribution in [0, 0.1) is 10.7 Å². The van der Waals surface area contributed by atoms with Crippen molar-refractivity contribution in [3.8, 4) is 5.40 Å². The average Bonchev–Trinajstić information content (AvgIpc) is 2.40. The SMILES string of the molecule is N#CSc1ccc(C=NOC(=O)C(Cl)=C(Cl)Cl)cc1. The molecule has 0 aliphatic heterocycles. The van der Waals surface area contributed by atoms with Gasteiger partial charge in [-0.05, 0) is 29.5 Å². The molecule has 0 amide bonds. The third kappa shape index (κ3) is 5.53. The summed E-state index contributed by atoms with van der Waals surface area (Å²) in [5.41, 5.74) is 0.687. The third-order valence-electron chi connectivity index (χ3n) is 1.73. The smallest absolute Gasteiger partial charge is 0.312 e. The van der Waals surface area contributed by atoms with Gasteiger partial charge in [0.25, 0.3) is 0 Å². The Hall–Kier alpha value is -1.19. The molecule has 4 nitrogen and oxygen atoms in total.